The molecule has 1 aromatic carbocycles. The highest BCUT2D eigenvalue weighted by atomic mass is 19.1. The quantitative estimate of drug-likeness (QED) is 0.827. The molecule has 0 saturated heterocycles. The van der Waals surface area contributed by atoms with Gasteiger partial charge < -0.3 is 5.73 Å². The van der Waals surface area contributed by atoms with Crippen LogP contribution in [0.15, 0.2) is 23.2 Å². The van der Waals surface area contributed by atoms with Gasteiger partial charge in [0.2, 0.25) is 0 Å². The summed E-state index contributed by atoms with van der Waals surface area (Å²) >= 11 is 0. The molecule has 2 atom stereocenters. The van der Waals surface area contributed by atoms with Crippen molar-refractivity contribution in [3.8, 4) is 12.3 Å². The number of halogens is 2. The molecule has 1 aliphatic heterocycles. The van der Waals surface area contributed by atoms with Gasteiger partial charge in [0.1, 0.15) is 23.5 Å². The number of carbonyl (C=O) groups is 1. The molecule has 2 amide bonds. The minimum Gasteiger partial charge on any atom is -0.385 e. The van der Waals surface area contributed by atoms with Crippen LogP contribution >= 0.6 is 0 Å². The number of amidine groups is 1. The molecule has 0 spiro atoms. The maximum Gasteiger partial charge on any atom is 0.347 e. The maximum atomic E-state index is 13.8. The average molecular weight is 263 g/mol. The van der Waals surface area contributed by atoms with Gasteiger partial charge in [-0.15, -0.1) is 6.42 Å². The van der Waals surface area contributed by atoms with Gasteiger partial charge in [-0.2, -0.15) is 4.99 Å². The molecule has 4 nitrogen and oxygen atoms in total. The number of nitrogens with zero attached hydrogens (tertiary/aromatic N) is 2. The number of rotatable bonds is 2. The van der Waals surface area contributed by atoms with Gasteiger partial charge in [-0.25, -0.2) is 13.6 Å². The number of carbonyl (C=O) groups excluding carboxylic acids is 1. The van der Waals surface area contributed by atoms with E-state index >= 15 is 0 Å². The number of hydrogen-bond acceptors (Lipinski definition) is 2. The summed E-state index contributed by atoms with van der Waals surface area (Å²) in [4.78, 5) is 16.4. The SMILES string of the molecule is C#CC(C)N1C(=O)N=C(N)C1c1cc(F)ccc1F. The van der Waals surface area contributed by atoms with E-state index in [4.69, 9.17) is 12.2 Å². The minimum atomic E-state index is -0.978. The lowest BCUT2D eigenvalue weighted by atomic mass is 10.0. The number of aliphatic imine (C=N–C) groups is 1. The molecular weight excluding hydrogens is 252 g/mol. The van der Waals surface area contributed by atoms with E-state index in [1.165, 1.54) is 0 Å². The van der Waals surface area contributed by atoms with Crippen molar-refractivity contribution in [2.45, 2.75) is 19.0 Å². The largest absolute Gasteiger partial charge is 0.385 e. The summed E-state index contributed by atoms with van der Waals surface area (Å²) in [5.41, 5.74) is 5.57. The Bertz CT molecular complexity index is 606. The number of terminal acetylenes is 1. The molecule has 19 heavy (non-hydrogen) atoms. The van der Waals surface area contributed by atoms with Crippen molar-refractivity contribution in [3.63, 3.8) is 0 Å². The number of urea groups is 1. The second-order valence-corrected chi connectivity index (χ2v) is 4.14. The topological polar surface area (TPSA) is 58.7 Å². The Balaban J connectivity index is 2.52. The first-order valence-corrected chi connectivity index (χ1v) is 5.53. The van der Waals surface area contributed by atoms with Crippen molar-refractivity contribution < 1.29 is 13.6 Å². The van der Waals surface area contributed by atoms with E-state index in [1.54, 1.807) is 6.92 Å². The predicted molar refractivity (Wildman–Crippen MR) is 66.3 cm³/mol. The van der Waals surface area contributed by atoms with E-state index in [9.17, 15) is 13.6 Å². The molecule has 2 rings (SSSR count). The van der Waals surface area contributed by atoms with Crippen LogP contribution in [-0.2, 0) is 0 Å². The van der Waals surface area contributed by atoms with E-state index < -0.39 is 29.7 Å². The van der Waals surface area contributed by atoms with E-state index in [0.29, 0.717) is 0 Å². The van der Waals surface area contributed by atoms with Crippen LogP contribution in [0.3, 0.4) is 0 Å². The van der Waals surface area contributed by atoms with Crippen LogP contribution in [-0.4, -0.2) is 22.8 Å². The summed E-state index contributed by atoms with van der Waals surface area (Å²) in [6.07, 6.45) is 5.26. The molecule has 1 aliphatic rings. The first-order chi connectivity index (χ1) is 8.95. The first kappa shape index (κ1) is 13.0. The minimum absolute atomic E-state index is 0.0609. The van der Waals surface area contributed by atoms with E-state index in [-0.39, 0.29) is 11.4 Å². The molecule has 0 saturated carbocycles. The summed E-state index contributed by atoms with van der Waals surface area (Å²) in [6, 6.07) is 0.671. The van der Waals surface area contributed by atoms with E-state index in [0.717, 1.165) is 23.1 Å². The van der Waals surface area contributed by atoms with Crippen LogP contribution in [0.5, 0.6) is 0 Å². The Kier molecular flexibility index (Phi) is 3.21. The zero-order valence-corrected chi connectivity index (χ0v) is 10.1. The van der Waals surface area contributed by atoms with Crippen molar-refractivity contribution in [2.75, 3.05) is 0 Å². The Morgan fingerprint density at radius 1 is 1.53 bits per heavy atom. The number of benzene rings is 1. The zero-order valence-electron chi connectivity index (χ0n) is 10.1. The van der Waals surface area contributed by atoms with Gasteiger partial charge in [0.15, 0.2) is 0 Å². The molecule has 6 heteroatoms. The summed E-state index contributed by atoms with van der Waals surface area (Å²) in [7, 11) is 0. The Morgan fingerprint density at radius 3 is 2.84 bits per heavy atom. The van der Waals surface area contributed by atoms with Crippen LogP contribution < -0.4 is 5.73 Å². The fraction of sp³-hybridized carbons (Fsp3) is 0.231. The Hall–Kier alpha value is -2.42. The third-order valence-electron chi connectivity index (χ3n) is 2.92. The highest BCUT2D eigenvalue weighted by Crippen LogP contribution is 2.30. The zero-order chi connectivity index (χ0) is 14.2. The van der Waals surface area contributed by atoms with Crippen molar-refractivity contribution in [2.24, 2.45) is 10.7 Å². The summed E-state index contributed by atoms with van der Waals surface area (Å²) in [5, 5.41) is 0. The number of amides is 2. The first-order valence-electron chi connectivity index (χ1n) is 5.53. The summed E-state index contributed by atoms with van der Waals surface area (Å²) in [6.45, 7) is 1.58. The summed E-state index contributed by atoms with van der Waals surface area (Å²) < 4.78 is 27.0. The summed E-state index contributed by atoms with van der Waals surface area (Å²) in [5.74, 6) is 0.951. The fourth-order valence-electron chi connectivity index (χ4n) is 1.99. The fourth-order valence-corrected chi connectivity index (χ4v) is 1.99. The van der Waals surface area contributed by atoms with Crippen molar-refractivity contribution >= 4 is 11.9 Å². The van der Waals surface area contributed by atoms with Gasteiger partial charge in [0.05, 0.1) is 6.04 Å². The molecule has 2 unspecified atom stereocenters. The lowest BCUT2D eigenvalue weighted by Gasteiger charge is -2.27. The molecule has 98 valence electrons. The van der Waals surface area contributed by atoms with Gasteiger partial charge in [-0.05, 0) is 25.1 Å². The van der Waals surface area contributed by atoms with Gasteiger partial charge in [0, 0.05) is 5.56 Å². The van der Waals surface area contributed by atoms with E-state index in [1.807, 2.05) is 0 Å². The lowest BCUT2D eigenvalue weighted by Crippen LogP contribution is -2.39. The molecule has 1 aromatic rings. The molecule has 0 radical (unpaired) electrons. The Labute approximate surface area is 108 Å². The van der Waals surface area contributed by atoms with E-state index in [2.05, 4.69) is 10.9 Å². The molecule has 1 heterocycles. The van der Waals surface area contributed by atoms with Gasteiger partial charge in [-0.1, -0.05) is 5.92 Å². The van der Waals surface area contributed by atoms with Crippen LogP contribution in [0.25, 0.3) is 0 Å². The van der Waals surface area contributed by atoms with Crippen molar-refractivity contribution in [1.29, 1.82) is 0 Å². The van der Waals surface area contributed by atoms with Gasteiger partial charge in [0.25, 0.3) is 0 Å². The van der Waals surface area contributed by atoms with Crippen LogP contribution in [0.1, 0.15) is 18.5 Å². The normalized spacial score (nSPS) is 20.1. The third kappa shape index (κ3) is 2.15. The number of hydrogen-bond donors (Lipinski definition) is 1. The maximum absolute atomic E-state index is 13.8. The van der Waals surface area contributed by atoms with Crippen LogP contribution in [0.4, 0.5) is 13.6 Å². The highest BCUT2D eigenvalue weighted by Gasteiger charge is 2.38. The average Bonchev–Trinajstić information content (AvgIpc) is 2.66. The van der Waals surface area contributed by atoms with Crippen molar-refractivity contribution in [3.05, 3.63) is 35.4 Å². The molecule has 0 fully saturated rings. The lowest BCUT2D eigenvalue weighted by molar-refractivity contribution is 0.198. The van der Waals surface area contributed by atoms with Crippen LogP contribution in [0.2, 0.25) is 0 Å². The monoisotopic (exact) mass is 263 g/mol. The standard InChI is InChI=1S/C13H11F2N3O/c1-3-7(2)18-11(12(16)17-13(18)19)9-6-8(14)4-5-10(9)15/h1,4-7,11H,2H3,(H2,16,17,19). The van der Waals surface area contributed by atoms with Crippen LogP contribution in [0, 0.1) is 24.0 Å². The number of nitrogens with two attached hydrogens (primary N) is 1. The molecule has 0 bridgehead atoms. The molecule has 2 N–H and O–H groups in total. The predicted octanol–water partition coefficient (Wildman–Crippen LogP) is 1.82. The van der Waals surface area contributed by atoms with Crippen molar-refractivity contribution in [1.82, 2.24) is 4.90 Å². The Morgan fingerprint density at radius 2 is 2.21 bits per heavy atom. The third-order valence-corrected chi connectivity index (χ3v) is 2.92. The molecule has 0 aromatic heterocycles. The van der Waals surface area contributed by atoms with Gasteiger partial charge >= 0.3 is 6.03 Å². The second kappa shape index (κ2) is 4.69. The smallest absolute Gasteiger partial charge is 0.347 e. The van der Waals surface area contributed by atoms with Gasteiger partial charge in [-0.3, -0.25) is 4.90 Å². The molecular formula is C13H11F2N3O. The molecule has 0 aliphatic carbocycles. The second-order valence-electron chi connectivity index (χ2n) is 4.14. The highest BCUT2D eigenvalue weighted by molar-refractivity contribution is 6.03.